The molecule has 5 heteroatoms. The van der Waals surface area contributed by atoms with Crippen LogP contribution in [0.4, 0.5) is 4.79 Å². The minimum absolute atomic E-state index is 0.0513. The second-order valence-electron chi connectivity index (χ2n) is 8.21. The highest BCUT2D eigenvalue weighted by Gasteiger charge is 2.49. The molecule has 142 valence electrons. The molecule has 5 nitrogen and oxygen atoms in total. The molecular weight excluding hydrogens is 336 g/mol. The number of hydrogen-bond acceptors (Lipinski definition) is 3. The SMILES string of the molecule is CN(C)[C@]1(c2ccccc2)CC[C@@]2(CC1)CN(Cc1ccncc1)C(=O)N2. The first-order valence-corrected chi connectivity index (χ1v) is 9.72. The van der Waals surface area contributed by atoms with Crippen molar-refractivity contribution in [2.75, 3.05) is 20.6 Å². The molecule has 1 aromatic heterocycles. The molecule has 2 aliphatic rings. The normalized spacial score (nSPS) is 28.0. The third kappa shape index (κ3) is 3.32. The van der Waals surface area contributed by atoms with Crippen LogP contribution in [0.5, 0.6) is 0 Å². The van der Waals surface area contributed by atoms with Gasteiger partial charge >= 0.3 is 6.03 Å². The number of benzene rings is 1. The summed E-state index contributed by atoms with van der Waals surface area (Å²) in [5.74, 6) is 0. The van der Waals surface area contributed by atoms with Gasteiger partial charge in [0.15, 0.2) is 0 Å². The Morgan fingerprint density at radius 2 is 1.70 bits per heavy atom. The fourth-order valence-electron chi connectivity index (χ4n) is 4.79. The van der Waals surface area contributed by atoms with E-state index >= 15 is 0 Å². The molecule has 1 spiro atoms. The second-order valence-corrected chi connectivity index (χ2v) is 8.21. The van der Waals surface area contributed by atoms with E-state index < -0.39 is 0 Å². The first-order valence-electron chi connectivity index (χ1n) is 9.72. The van der Waals surface area contributed by atoms with Gasteiger partial charge in [0.1, 0.15) is 0 Å². The van der Waals surface area contributed by atoms with Crippen LogP contribution < -0.4 is 5.32 Å². The summed E-state index contributed by atoms with van der Waals surface area (Å²) < 4.78 is 0. The standard InChI is InChI=1S/C22H28N4O/c1-25(2)22(19-6-4-3-5-7-19)12-10-21(11-13-22)17-26(20(27)24-21)16-18-8-14-23-15-9-18/h3-9,14-15H,10-13,16-17H2,1-2H3,(H,24,27)/t21-,22-. The van der Waals surface area contributed by atoms with E-state index in [1.165, 1.54) is 5.56 Å². The van der Waals surface area contributed by atoms with Gasteiger partial charge < -0.3 is 10.2 Å². The Labute approximate surface area is 161 Å². The van der Waals surface area contributed by atoms with Gasteiger partial charge in [0.05, 0.1) is 5.54 Å². The summed E-state index contributed by atoms with van der Waals surface area (Å²) in [6.07, 6.45) is 7.66. The Hall–Kier alpha value is -2.40. The molecule has 2 amide bonds. The van der Waals surface area contributed by atoms with Crippen molar-refractivity contribution in [1.82, 2.24) is 20.1 Å². The molecule has 4 rings (SSSR count). The number of carbonyl (C=O) groups is 1. The van der Waals surface area contributed by atoms with Gasteiger partial charge in [-0.2, -0.15) is 0 Å². The van der Waals surface area contributed by atoms with Gasteiger partial charge in [-0.15, -0.1) is 0 Å². The van der Waals surface area contributed by atoms with E-state index in [4.69, 9.17) is 0 Å². The molecule has 27 heavy (non-hydrogen) atoms. The van der Waals surface area contributed by atoms with E-state index in [9.17, 15) is 4.79 Å². The monoisotopic (exact) mass is 364 g/mol. The fourth-order valence-corrected chi connectivity index (χ4v) is 4.79. The van der Waals surface area contributed by atoms with Gasteiger partial charge in [0, 0.05) is 31.0 Å². The molecule has 1 saturated heterocycles. The zero-order valence-corrected chi connectivity index (χ0v) is 16.2. The topological polar surface area (TPSA) is 48.5 Å². The van der Waals surface area contributed by atoms with E-state index in [1.54, 1.807) is 12.4 Å². The quantitative estimate of drug-likeness (QED) is 0.905. The van der Waals surface area contributed by atoms with Crippen molar-refractivity contribution in [2.24, 2.45) is 0 Å². The number of hydrogen-bond donors (Lipinski definition) is 1. The molecule has 2 heterocycles. The molecule has 0 radical (unpaired) electrons. The van der Waals surface area contributed by atoms with Crippen LogP contribution >= 0.6 is 0 Å². The number of carbonyl (C=O) groups excluding carboxylic acids is 1. The highest BCUT2D eigenvalue weighted by molar-refractivity contribution is 5.78. The van der Waals surface area contributed by atoms with Gasteiger partial charge in [-0.3, -0.25) is 9.88 Å². The largest absolute Gasteiger partial charge is 0.331 e. The van der Waals surface area contributed by atoms with Gasteiger partial charge in [0.25, 0.3) is 0 Å². The number of aromatic nitrogens is 1. The molecule has 1 aliphatic carbocycles. The van der Waals surface area contributed by atoms with Crippen LogP contribution in [-0.4, -0.2) is 47.0 Å². The third-order valence-corrected chi connectivity index (χ3v) is 6.48. The predicted molar refractivity (Wildman–Crippen MR) is 106 cm³/mol. The molecular formula is C22H28N4O. The fraction of sp³-hybridized carbons (Fsp3) is 0.455. The van der Waals surface area contributed by atoms with E-state index in [2.05, 4.69) is 59.6 Å². The predicted octanol–water partition coefficient (Wildman–Crippen LogP) is 3.38. The molecule has 1 aromatic carbocycles. The molecule has 1 saturated carbocycles. The molecule has 0 unspecified atom stereocenters. The second kappa shape index (κ2) is 6.97. The van der Waals surface area contributed by atoms with Crippen molar-refractivity contribution < 1.29 is 4.79 Å². The number of nitrogens with zero attached hydrogens (tertiary/aromatic N) is 3. The maximum absolute atomic E-state index is 12.6. The maximum atomic E-state index is 12.6. The van der Waals surface area contributed by atoms with Crippen molar-refractivity contribution in [2.45, 2.75) is 43.3 Å². The minimum Gasteiger partial charge on any atom is -0.331 e. The molecule has 1 N–H and O–H groups in total. The van der Waals surface area contributed by atoms with Crippen LogP contribution in [0, 0.1) is 0 Å². The summed E-state index contributed by atoms with van der Waals surface area (Å²) in [6, 6.07) is 14.8. The van der Waals surface area contributed by atoms with Crippen molar-refractivity contribution in [1.29, 1.82) is 0 Å². The lowest BCUT2D eigenvalue weighted by molar-refractivity contribution is 0.0617. The number of amides is 2. The van der Waals surface area contributed by atoms with Crippen LogP contribution in [0.1, 0.15) is 36.8 Å². The minimum atomic E-state index is -0.0988. The summed E-state index contributed by atoms with van der Waals surface area (Å²) in [6.45, 7) is 1.43. The van der Waals surface area contributed by atoms with Gasteiger partial charge in [-0.05, 0) is 63.0 Å². The maximum Gasteiger partial charge on any atom is 0.318 e. The van der Waals surface area contributed by atoms with Crippen LogP contribution in [0.3, 0.4) is 0 Å². The van der Waals surface area contributed by atoms with E-state index in [1.807, 2.05) is 17.0 Å². The molecule has 2 fully saturated rings. The Kier molecular flexibility index (Phi) is 4.64. The lowest BCUT2D eigenvalue weighted by Gasteiger charge is -2.48. The molecule has 1 aliphatic heterocycles. The van der Waals surface area contributed by atoms with Crippen LogP contribution in [0.15, 0.2) is 54.9 Å². The average molecular weight is 364 g/mol. The van der Waals surface area contributed by atoms with Crippen molar-refractivity contribution in [3.8, 4) is 0 Å². The summed E-state index contributed by atoms with van der Waals surface area (Å²) in [7, 11) is 4.35. The van der Waals surface area contributed by atoms with Gasteiger partial charge in [0.2, 0.25) is 0 Å². The lowest BCUT2D eigenvalue weighted by Crippen LogP contribution is -2.54. The highest BCUT2D eigenvalue weighted by atomic mass is 16.2. The number of rotatable bonds is 4. The first-order chi connectivity index (χ1) is 13.0. The Morgan fingerprint density at radius 1 is 1.04 bits per heavy atom. The summed E-state index contributed by atoms with van der Waals surface area (Å²) in [4.78, 5) is 21.0. The Balaban J connectivity index is 1.49. The van der Waals surface area contributed by atoms with E-state index in [0.717, 1.165) is 37.8 Å². The third-order valence-electron chi connectivity index (χ3n) is 6.48. The summed E-state index contributed by atoms with van der Waals surface area (Å²) in [5, 5.41) is 3.32. The zero-order chi connectivity index (χ0) is 18.9. The number of nitrogens with one attached hydrogen (secondary N) is 1. The molecule has 2 aromatic rings. The smallest absolute Gasteiger partial charge is 0.318 e. The van der Waals surface area contributed by atoms with Crippen molar-refractivity contribution >= 4 is 6.03 Å². The summed E-state index contributed by atoms with van der Waals surface area (Å²) >= 11 is 0. The Morgan fingerprint density at radius 3 is 2.33 bits per heavy atom. The van der Waals surface area contributed by atoms with Crippen LogP contribution in [0.2, 0.25) is 0 Å². The summed E-state index contributed by atoms with van der Waals surface area (Å²) in [5.41, 5.74) is 2.46. The lowest BCUT2D eigenvalue weighted by atomic mass is 9.69. The zero-order valence-electron chi connectivity index (χ0n) is 16.2. The van der Waals surface area contributed by atoms with E-state index in [0.29, 0.717) is 6.54 Å². The first kappa shape index (κ1) is 18.0. The molecule has 0 bridgehead atoms. The molecule has 0 atom stereocenters. The highest BCUT2D eigenvalue weighted by Crippen LogP contribution is 2.46. The number of pyridine rings is 1. The average Bonchev–Trinajstić information content (AvgIpc) is 2.99. The van der Waals surface area contributed by atoms with Gasteiger partial charge in [-0.25, -0.2) is 4.79 Å². The van der Waals surface area contributed by atoms with Crippen molar-refractivity contribution in [3.05, 3.63) is 66.0 Å². The van der Waals surface area contributed by atoms with E-state index in [-0.39, 0.29) is 17.1 Å². The van der Waals surface area contributed by atoms with Gasteiger partial charge in [-0.1, -0.05) is 30.3 Å². The van der Waals surface area contributed by atoms with Crippen LogP contribution in [-0.2, 0) is 12.1 Å². The Bertz CT molecular complexity index is 782. The van der Waals surface area contributed by atoms with Crippen LogP contribution in [0.25, 0.3) is 0 Å². The van der Waals surface area contributed by atoms with Crippen molar-refractivity contribution in [3.63, 3.8) is 0 Å². The number of urea groups is 1.